The molecule has 7 heteroatoms. The van der Waals surface area contributed by atoms with Crippen molar-refractivity contribution in [1.29, 1.82) is 0 Å². The fourth-order valence-electron chi connectivity index (χ4n) is 1.41. The second-order valence-corrected chi connectivity index (χ2v) is 5.20. The van der Waals surface area contributed by atoms with Gasteiger partial charge >= 0.3 is 0 Å². The van der Waals surface area contributed by atoms with Gasteiger partial charge in [-0.1, -0.05) is 5.16 Å². The third-order valence-electron chi connectivity index (χ3n) is 2.27. The van der Waals surface area contributed by atoms with Crippen LogP contribution in [0.2, 0.25) is 0 Å². The molecule has 18 heavy (non-hydrogen) atoms. The molecule has 5 nitrogen and oxygen atoms in total. The third kappa shape index (κ3) is 2.02. The molecule has 3 rings (SSSR count). The first-order chi connectivity index (χ1) is 8.74. The van der Waals surface area contributed by atoms with Gasteiger partial charge in [0.2, 0.25) is 5.82 Å². The Hall–Kier alpha value is -1.73. The molecular formula is C11H6BrN3O2S. The molecule has 90 valence electrons. The normalized spacial score (nSPS) is 10.7. The van der Waals surface area contributed by atoms with Crippen molar-refractivity contribution in [2.75, 3.05) is 0 Å². The van der Waals surface area contributed by atoms with E-state index in [9.17, 15) is 5.11 Å². The van der Waals surface area contributed by atoms with Gasteiger partial charge in [0.15, 0.2) is 0 Å². The molecule has 2 aromatic heterocycles. The van der Waals surface area contributed by atoms with Gasteiger partial charge in [0.1, 0.15) is 5.75 Å². The number of halogens is 1. The molecule has 0 bridgehead atoms. The quantitative estimate of drug-likeness (QED) is 0.783. The second kappa shape index (κ2) is 4.51. The highest BCUT2D eigenvalue weighted by atomic mass is 79.9. The number of hydrogen-bond acceptors (Lipinski definition) is 6. The molecule has 0 saturated heterocycles. The van der Waals surface area contributed by atoms with Gasteiger partial charge in [-0.3, -0.25) is 4.98 Å². The molecule has 2 heterocycles. The third-order valence-corrected chi connectivity index (χ3v) is 3.71. The van der Waals surface area contributed by atoms with E-state index >= 15 is 0 Å². The van der Waals surface area contributed by atoms with Crippen LogP contribution in [0.1, 0.15) is 0 Å². The van der Waals surface area contributed by atoms with Crippen LogP contribution in [0.4, 0.5) is 0 Å². The number of hydrogen-bond donors (Lipinski definition) is 1. The monoisotopic (exact) mass is 323 g/mol. The first-order valence-corrected chi connectivity index (χ1v) is 6.63. The summed E-state index contributed by atoms with van der Waals surface area (Å²) >= 11 is 4.65. The van der Waals surface area contributed by atoms with Crippen molar-refractivity contribution >= 4 is 27.3 Å². The lowest BCUT2D eigenvalue weighted by atomic mass is 10.2. The van der Waals surface area contributed by atoms with Gasteiger partial charge in [0.05, 0.1) is 14.9 Å². The SMILES string of the molecule is Oc1cc(-c2nc(-c3cncs3)no2)ccc1Br. The standard InChI is InChI=1S/C11H6BrN3O2S/c12-7-2-1-6(3-8(7)16)11-14-10(15-17-11)9-4-13-5-18-9/h1-5,16H. The van der Waals surface area contributed by atoms with Crippen molar-refractivity contribution in [3.8, 4) is 27.9 Å². The molecule has 0 aliphatic rings. The summed E-state index contributed by atoms with van der Waals surface area (Å²) < 4.78 is 5.78. The summed E-state index contributed by atoms with van der Waals surface area (Å²) in [5.41, 5.74) is 2.37. The minimum atomic E-state index is 0.130. The number of phenols is 1. The van der Waals surface area contributed by atoms with Crippen LogP contribution in [0.15, 0.2) is 38.9 Å². The molecule has 0 spiro atoms. The smallest absolute Gasteiger partial charge is 0.258 e. The van der Waals surface area contributed by atoms with Crippen LogP contribution in [0.25, 0.3) is 22.2 Å². The Morgan fingerprint density at radius 1 is 1.33 bits per heavy atom. The van der Waals surface area contributed by atoms with E-state index in [0.29, 0.717) is 21.8 Å². The lowest BCUT2D eigenvalue weighted by Gasteiger charge is -1.97. The van der Waals surface area contributed by atoms with Crippen LogP contribution in [-0.4, -0.2) is 20.2 Å². The van der Waals surface area contributed by atoms with Crippen molar-refractivity contribution in [3.05, 3.63) is 34.4 Å². The average Bonchev–Trinajstić information content (AvgIpc) is 3.01. The average molecular weight is 324 g/mol. The maximum atomic E-state index is 9.61. The molecule has 1 N–H and O–H groups in total. The summed E-state index contributed by atoms with van der Waals surface area (Å²) in [6.45, 7) is 0. The Morgan fingerprint density at radius 3 is 2.94 bits per heavy atom. The predicted molar refractivity (Wildman–Crippen MR) is 70.2 cm³/mol. The minimum absolute atomic E-state index is 0.130. The minimum Gasteiger partial charge on any atom is -0.507 e. The molecule has 1 aromatic carbocycles. The lowest BCUT2D eigenvalue weighted by Crippen LogP contribution is -1.79. The Bertz CT molecular complexity index is 681. The summed E-state index contributed by atoms with van der Waals surface area (Å²) in [5, 5.41) is 13.5. The van der Waals surface area contributed by atoms with Crippen LogP contribution >= 0.6 is 27.3 Å². The van der Waals surface area contributed by atoms with E-state index in [-0.39, 0.29) is 5.75 Å². The maximum Gasteiger partial charge on any atom is 0.258 e. The zero-order valence-corrected chi connectivity index (χ0v) is 11.3. The van der Waals surface area contributed by atoms with Crippen LogP contribution in [0, 0.1) is 0 Å². The van der Waals surface area contributed by atoms with Crippen LogP contribution in [-0.2, 0) is 0 Å². The van der Waals surface area contributed by atoms with Crippen molar-refractivity contribution in [3.63, 3.8) is 0 Å². The number of thiazole rings is 1. The van der Waals surface area contributed by atoms with Gasteiger partial charge in [0.25, 0.3) is 5.89 Å². The molecule has 0 radical (unpaired) electrons. The van der Waals surface area contributed by atoms with E-state index < -0.39 is 0 Å². The highest BCUT2D eigenvalue weighted by molar-refractivity contribution is 9.10. The van der Waals surface area contributed by atoms with Crippen molar-refractivity contribution in [1.82, 2.24) is 15.1 Å². The molecule has 0 aliphatic heterocycles. The van der Waals surface area contributed by atoms with E-state index in [1.807, 2.05) is 0 Å². The molecule has 0 saturated carbocycles. The first kappa shape index (κ1) is 11.4. The fraction of sp³-hybridized carbons (Fsp3) is 0. The Labute approximate surface area is 114 Å². The molecule has 0 unspecified atom stereocenters. The number of nitrogens with zero attached hydrogens (tertiary/aromatic N) is 3. The van der Waals surface area contributed by atoms with Gasteiger partial charge in [-0.05, 0) is 34.1 Å². The van der Waals surface area contributed by atoms with E-state index in [0.717, 1.165) is 4.88 Å². The number of benzene rings is 1. The zero-order valence-electron chi connectivity index (χ0n) is 8.87. The Kier molecular flexibility index (Phi) is 2.85. The van der Waals surface area contributed by atoms with Gasteiger partial charge in [-0.15, -0.1) is 11.3 Å². The number of phenolic OH excluding ortho intramolecular Hbond substituents is 1. The molecular weight excluding hydrogens is 318 g/mol. The summed E-state index contributed by atoms with van der Waals surface area (Å²) in [7, 11) is 0. The topological polar surface area (TPSA) is 72.0 Å². The van der Waals surface area contributed by atoms with Gasteiger partial charge in [-0.25, -0.2) is 0 Å². The first-order valence-electron chi connectivity index (χ1n) is 4.95. The van der Waals surface area contributed by atoms with Gasteiger partial charge in [0, 0.05) is 11.8 Å². The zero-order chi connectivity index (χ0) is 12.5. The molecule has 0 atom stereocenters. The fourth-order valence-corrected chi connectivity index (χ4v) is 2.20. The molecule has 0 fully saturated rings. The lowest BCUT2D eigenvalue weighted by molar-refractivity contribution is 0.431. The van der Waals surface area contributed by atoms with Crippen molar-refractivity contribution in [2.45, 2.75) is 0 Å². The van der Waals surface area contributed by atoms with Crippen LogP contribution < -0.4 is 0 Å². The largest absolute Gasteiger partial charge is 0.507 e. The summed E-state index contributed by atoms with van der Waals surface area (Å²) in [6, 6.07) is 5.07. The number of aromatic nitrogens is 3. The summed E-state index contributed by atoms with van der Waals surface area (Å²) in [5.74, 6) is 0.987. The Morgan fingerprint density at radius 2 is 2.22 bits per heavy atom. The number of aromatic hydroxyl groups is 1. The van der Waals surface area contributed by atoms with E-state index in [1.54, 1.807) is 29.9 Å². The Balaban J connectivity index is 2.00. The summed E-state index contributed by atoms with van der Waals surface area (Å²) in [4.78, 5) is 9.06. The highest BCUT2D eigenvalue weighted by Gasteiger charge is 2.12. The number of rotatable bonds is 2. The van der Waals surface area contributed by atoms with E-state index in [2.05, 4.69) is 31.1 Å². The van der Waals surface area contributed by atoms with E-state index in [1.165, 1.54) is 11.3 Å². The molecule has 0 aliphatic carbocycles. The van der Waals surface area contributed by atoms with Gasteiger partial charge < -0.3 is 9.63 Å². The van der Waals surface area contributed by atoms with Crippen molar-refractivity contribution < 1.29 is 9.63 Å². The maximum absolute atomic E-state index is 9.61. The highest BCUT2D eigenvalue weighted by Crippen LogP contribution is 2.30. The molecule has 3 aromatic rings. The van der Waals surface area contributed by atoms with Gasteiger partial charge in [-0.2, -0.15) is 4.98 Å². The van der Waals surface area contributed by atoms with Crippen LogP contribution in [0.5, 0.6) is 5.75 Å². The van der Waals surface area contributed by atoms with Crippen molar-refractivity contribution in [2.24, 2.45) is 0 Å². The van der Waals surface area contributed by atoms with Crippen LogP contribution in [0.3, 0.4) is 0 Å². The predicted octanol–water partition coefficient (Wildman–Crippen LogP) is 3.33. The summed E-state index contributed by atoms with van der Waals surface area (Å²) in [6.07, 6.45) is 1.68. The molecule has 0 amide bonds. The van der Waals surface area contributed by atoms with E-state index in [4.69, 9.17) is 4.52 Å². The second-order valence-electron chi connectivity index (χ2n) is 3.46.